The molecule has 0 aromatic rings. The topological polar surface area (TPSA) is 26.3 Å². The van der Waals surface area contributed by atoms with Crippen LogP contribution < -0.4 is 0 Å². The van der Waals surface area contributed by atoms with Gasteiger partial charge < -0.3 is 4.74 Å². The first kappa shape index (κ1) is 43.7. The number of hydrogen-bond acceptors (Lipinski definition) is 2. The Morgan fingerprint density at radius 2 is 0.566 bits per heavy atom. The van der Waals surface area contributed by atoms with Crippen molar-refractivity contribution in [2.45, 2.75) is 64.7 Å². The molecule has 0 aliphatic heterocycles. The lowest BCUT2D eigenvalue weighted by Gasteiger charge is -2.00. The third-order valence-electron chi connectivity index (χ3n) is 4.77. The van der Waals surface area contributed by atoms with Crippen LogP contribution in [0, 0.1) is 238 Å². The Morgan fingerprint density at radius 1 is 0.340 bits per heavy atom. The molecule has 0 fully saturated rings. The molecule has 2 nitrogen and oxygen atoms in total. The number of unbranched alkanes of at least 4 members (excludes halogenated alkanes) is 7. The molecule has 238 valence electrons. The van der Waals surface area contributed by atoms with Crippen LogP contribution in [-0.4, -0.2) is 5.97 Å². The van der Waals surface area contributed by atoms with Gasteiger partial charge in [0, 0.05) is 184 Å². The molecule has 0 radical (unpaired) electrons. The van der Waals surface area contributed by atoms with Gasteiger partial charge >= 0.3 is 5.97 Å². The van der Waals surface area contributed by atoms with Crippen molar-refractivity contribution in [2.24, 2.45) is 0 Å². The summed E-state index contributed by atoms with van der Waals surface area (Å²) in [5, 5.41) is 0. The second-order valence-corrected chi connectivity index (χ2v) is 8.57. The van der Waals surface area contributed by atoms with E-state index in [1.54, 1.807) is 0 Å². The van der Waals surface area contributed by atoms with E-state index in [-0.39, 0.29) is 5.97 Å². The predicted molar refractivity (Wildman–Crippen MR) is 210 cm³/mol. The fourth-order valence-electron chi connectivity index (χ4n) is 2.69. The molecule has 0 aliphatic carbocycles. The van der Waals surface area contributed by atoms with Crippen LogP contribution in [0.15, 0.2) is 0 Å². The summed E-state index contributed by atoms with van der Waals surface area (Å²) in [5.74, 6) is 93.7. The highest BCUT2D eigenvalue weighted by atomic mass is 16.5. The Kier molecular flexibility index (Phi) is 33.5. The first-order chi connectivity index (χ1) is 26.3. The third kappa shape index (κ3) is 40.6. The Balaban J connectivity index is 4.39. The molecule has 0 unspecified atom stereocenters. The van der Waals surface area contributed by atoms with Gasteiger partial charge in [-0.3, -0.25) is 4.79 Å². The Labute approximate surface area is 316 Å². The molecular weight excluding hydrogens is 645 g/mol. The first-order valence-corrected chi connectivity index (χ1v) is 15.5. The highest BCUT2D eigenvalue weighted by molar-refractivity contribution is 5.70. The lowest BCUT2D eigenvalue weighted by atomic mass is 10.1. The van der Waals surface area contributed by atoms with Gasteiger partial charge in [0.15, 0.2) is 0 Å². The maximum absolute atomic E-state index is 11.6. The Bertz CT molecular complexity index is 2660. The van der Waals surface area contributed by atoms with E-state index < -0.39 is 0 Å². The largest absolute Gasteiger partial charge is 0.371 e. The minimum Gasteiger partial charge on any atom is -0.371 e. The van der Waals surface area contributed by atoms with Crippen LogP contribution in [0.25, 0.3) is 0 Å². The van der Waals surface area contributed by atoms with Gasteiger partial charge in [-0.15, -0.1) is 6.42 Å². The number of hydrogen-bond donors (Lipinski definition) is 0. The average Bonchev–Trinajstić information content (AvgIpc) is 3.16. The van der Waals surface area contributed by atoms with Gasteiger partial charge in [-0.1, -0.05) is 51.9 Å². The number of ether oxygens (including phenoxy) is 1. The zero-order valence-electron chi connectivity index (χ0n) is 28.8. The maximum atomic E-state index is 11.6. The van der Waals surface area contributed by atoms with Crippen LogP contribution in [0.3, 0.4) is 0 Å². The highest BCUT2D eigenvalue weighted by Gasteiger charge is 2.00. The molecule has 0 spiro atoms. The van der Waals surface area contributed by atoms with Crippen molar-refractivity contribution in [3.63, 3.8) is 0 Å². The number of carbonyl (C=O) groups is 1. The van der Waals surface area contributed by atoms with Gasteiger partial charge in [0.05, 0.1) is 0 Å². The number of rotatable bonds is 9. The molecule has 0 rings (SSSR count). The van der Waals surface area contributed by atoms with Crippen LogP contribution in [0.4, 0.5) is 0 Å². The second-order valence-electron chi connectivity index (χ2n) is 8.57. The maximum Gasteiger partial charge on any atom is 0.319 e. The summed E-state index contributed by atoms with van der Waals surface area (Å²) >= 11 is 0. The van der Waals surface area contributed by atoms with Crippen molar-refractivity contribution in [1.82, 2.24) is 0 Å². The van der Waals surface area contributed by atoms with E-state index in [9.17, 15) is 4.79 Å². The molecule has 0 aromatic heterocycles. The van der Waals surface area contributed by atoms with Crippen LogP contribution >= 0.6 is 0 Å². The molecule has 0 heterocycles. The van der Waals surface area contributed by atoms with Gasteiger partial charge in [-0.2, -0.15) is 0 Å². The van der Waals surface area contributed by atoms with Gasteiger partial charge in [0.1, 0.15) is 6.11 Å². The third-order valence-corrected chi connectivity index (χ3v) is 4.77. The summed E-state index contributed by atoms with van der Waals surface area (Å²) in [6, 6.07) is 0. The van der Waals surface area contributed by atoms with Crippen LogP contribution in [0.1, 0.15) is 64.7 Å². The van der Waals surface area contributed by atoms with Crippen LogP contribution in [-0.2, 0) is 9.53 Å². The minimum atomic E-state index is -0.346. The molecule has 0 bridgehead atoms. The monoisotopic (exact) mass is 666 g/mol. The van der Waals surface area contributed by atoms with E-state index in [0.717, 1.165) is 19.3 Å². The van der Waals surface area contributed by atoms with Crippen molar-refractivity contribution in [3.8, 4) is 238 Å². The van der Waals surface area contributed by atoms with Crippen molar-refractivity contribution in [2.75, 3.05) is 0 Å². The van der Waals surface area contributed by atoms with Gasteiger partial charge in [-0.05, 0) is 53.8 Å². The van der Waals surface area contributed by atoms with Crippen LogP contribution in [0.2, 0.25) is 0 Å². The molecular formula is C51H22O2. The standard InChI is InChI=1S/C51H22O2/c1-3-5-7-9-11-13-14-15-16-17-18-19-20-21-22-23-24-25-26-27-28-29-30-31-32-33-34-35-36-37-38-39-40-41-42-44-46-48-50-53-51(52)49-47-45-43-12-10-8-6-4-2/h1H,4,6,8,10,12,43,45,47,49H2,2H3. The Morgan fingerprint density at radius 3 is 0.830 bits per heavy atom. The SMILES string of the molecule is C#CC#CC#CC#CC#CC#CC#CC#CC#CC#CC#CC#CC#CC#CC#CC#CC#CC#CC#CC#COC(=O)CCCCCCCCCC. The van der Waals surface area contributed by atoms with E-state index >= 15 is 0 Å². The molecule has 0 saturated heterocycles. The Hall–Kier alpha value is -9.33. The van der Waals surface area contributed by atoms with Gasteiger partial charge in [-0.25, -0.2) is 0 Å². The summed E-state index contributed by atoms with van der Waals surface area (Å²) in [7, 11) is 0. The molecule has 53 heavy (non-hydrogen) atoms. The van der Waals surface area contributed by atoms with Crippen molar-refractivity contribution in [1.29, 1.82) is 0 Å². The summed E-state index contributed by atoms with van der Waals surface area (Å²) in [6.07, 6.45) is 16.8. The van der Waals surface area contributed by atoms with E-state index in [0.29, 0.717) is 6.42 Å². The lowest BCUT2D eigenvalue weighted by Crippen LogP contribution is -1.99. The number of carbonyl (C=O) groups excluding carboxylic acids is 1. The number of terminal acetylenes is 1. The molecule has 2 heteroatoms. The minimum absolute atomic E-state index is 0.346. The normalized spacial score (nSPS) is 5.58. The van der Waals surface area contributed by atoms with Crippen molar-refractivity contribution < 1.29 is 9.53 Å². The molecule has 0 amide bonds. The quantitative estimate of drug-likeness (QED) is 0.213. The van der Waals surface area contributed by atoms with E-state index in [1.807, 2.05) is 0 Å². The fraction of sp³-hybridized carbons (Fsp3) is 0.196. The van der Waals surface area contributed by atoms with E-state index in [2.05, 4.69) is 238 Å². The smallest absolute Gasteiger partial charge is 0.319 e. The lowest BCUT2D eigenvalue weighted by molar-refractivity contribution is -0.136. The number of esters is 1. The van der Waals surface area contributed by atoms with Gasteiger partial charge in [0.2, 0.25) is 0 Å². The second kappa shape index (κ2) is 40.7. The molecule has 0 aliphatic rings. The molecule has 0 aromatic carbocycles. The zero-order valence-corrected chi connectivity index (χ0v) is 28.8. The van der Waals surface area contributed by atoms with E-state index in [4.69, 9.17) is 11.2 Å². The summed E-state index contributed by atoms with van der Waals surface area (Å²) in [5.41, 5.74) is 0. The molecule has 0 N–H and O–H groups in total. The average molecular weight is 667 g/mol. The van der Waals surface area contributed by atoms with Crippen LogP contribution in [0.5, 0.6) is 0 Å². The van der Waals surface area contributed by atoms with Crippen molar-refractivity contribution in [3.05, 3.63) is 0 Å². The zero-order chi connectivity index (χ0) is 38.2. The van der Waals surface area contributed by atoms with Crippen molar-refractivity contribution >= 4 is 5.97 Å². The fourth-order valence-corrected chi connectivity index (χ4v) is 2.69. The summed E-state index contributed by atoms with van der Waals surface area (Å²) < 4.78 is 4.82. The predicted octanol–water partition coefficient (Wildman–Crippen LogP) is 3.72. The first-order valence-electron chi connectivity index (χ1n) is 15.5. The van der Waals surface area contributed by atoms with Gasteiger partial charge in [0.25, 0.3) is 0 Å². The van der Waals surface area contributed by atoms with E-state index in [1.165, 1.54) is 32.1 Å². The highest BCUT2D eigenvalue weighted by Crippen LogP contribution is 2.09. The molecule has 0 saturated carbocycles. The molecule has 0 atom stereocenters. The summed E-state index contributed by atoms with van der Waals surface area (Å²) in [6.45, 7) is 2.20. The summed E-state index contributed by atoms with van der Waals surface area (Å²) in [4.78, 5) is 11.6.